The van der Waals surface area contributed by atoms with Crippen LogP contribution >= 0.6 is 11.3 Å². The van der Waals surface area contributed by atoms with E-state index in [0.717, 1.165) is 24.3 Å². The van der Waals surface area contributed by atoms with Gasteiger partial charge in [0.05, 0.1) is 0 Å². The van der Waals surface area contributed by atoms with E-state index in [2.05, 4.69) is 35.0 Å². The predicted octanol–water partition coefficient (Wildman–Crippen LogP) is 2.93. The number of aryl methyl sites for hydroxylation is 1. The van der Waals surface area contributed by atoms with Crippen molar-refractivity contribution in [3.63, 3.8) is 0 Å². The number of nitrogen functional groups attached to an aromatic ring is 1. The molecule has 0 aliphatic carbocycles. The molecule has 0 saturated heterocycles. The Morgan fingerprint density at radius 2 is 2.12 bits per heavy atom. The van der Waals surface area contributed by atoms with Crippen molar-refractivity contribution in [1.29, 1.82) is 0 Å². The molecule has 0 radical (unpaired) electrons. The summed E-state index contributed by atoms with van der Waals surface area (Å²) >= 11 is 1.78. The lowest BCUT2D eigenvalue weighted by atomic mass is 10.1. The van der Waals surface area contributed by atoms with E-state index >= 15 is 0 Å². The Bertz CT molecular complexity index is 449. The molecule has 1 aromatic carbocycles. The molecule has 0 fully saturated rings. The highest BCUT2D eigenvalue weighted by atomic mass is 32.1. The summed E-state index contributed by atoms with van der Waals surface area (Å²) < 4.78 is 0. The first-order chi connectivity index (χ1) is 7.75. The Morgan fingerprint density at radius 3 is 2.81 bits per heavy atom. The van der Waals surface area contributed by atoms with Crippen molar-refractivity contribution in [3.05, 3.63) is 51.7 Å². The van der Waals surface area contributed by atoms with Crippen LogP contribution in [0.3, 0.4) is 0 Å². The van der Waals surface area contributed by atoms with Gasteiger partial charge in [-0.25, -0.2) is 0 Å². The molecule has 2 nitrogen and oxygen atoms in total. The van der Waals surface area contributed by atoms with Gasteiger partial charge in [0.2, 0.25) is 0 Å². The average Bonchev–Trinajstić information content (AvgIpc) is 2.76. The molecule has 0 saturated carbocycles. The van der Waals surface area contributed by atoms with Gasteiger partial charge in [0, 0.05) is 23.7 Å². The first kappa shape index (κ1) is 11.2. The third kappa shape index (κ3) is 2.84. The number of anilines is 1. The monoisotopic (exact) mass is 232 g/mol. The summed E-state index contributed by atoms with van der Waals surface area (Å²) in [5, 5.41) is 5.50. The number of rotatable bonds is 4. The van der Waals surface area contributed by atoms with Gasteiger partial charge in [-0.15, -0.1) is 11.3 Å². The zero-order chi connectivity index (χ0) is 11.4. The van der Waals surface area contributed by atoms with E-state index in [1.54, 1.807) is 11.3 Å². The summed E-state index contributed by atoms with van der Waals surface area (Å²) in [6.07, 6.45) is 0. The van der Waals surface area contributed by atoms with E-state index in [1.807, 2.05) is 13.0 Å². The van der Waals surface area contributed by atoms with E-state index in [-0.39, 0.29) is 0 Å². The Labute approximate surface area is 100 Å². The van der Waals surface area contributed by atoms with Crippen LogP contribution in [0.1, 0.15) is 16.0 Å². The maximum Gasteiger partial charge on any atom is 0.0346 e. The fourth-order valence-electron chi connectivity index (χ4n) is 1.54. The van der Waals surface area contributed by atoms with E-state index in [9.17, 15) is 0 Å². The van der Waals surface area contributed by atoms with Gasteiger partial charge in [-0.2, -0.15) is 0 Å². The Kier molecular flexibility index (Phi) is 3.59. The van der Waals surface area contributed by atoms with Crippen LogP contribution in [0.15, 0.2) is 35.7 Å². The molecule has 0 atom stereocenters. The standard InChI is InChI=1S/C13H16N2S/c1-10-4-5-11(7-13(10)14)8-15-9-12-3-2-6-16-12/h2-7,15H,8-9,14H2,1H3. The molecule has 0 spiro atoms. The van der Waals surface area contributed by atoms with E-state index in [0.29, 0.717) is 0 Å². The molecule has 2 aromatic rings. The Hall–Kier alpha value is -1.32. The van der Waals surface area contributed by atoms with Crippen LogP contribution in [-0.4, -0.2) is 0 Å². The molecule has 84 valence electrons. The SMILES string of the molecule is Cc1ccc(CNCc2cccs2)cc1N. The smallest absolute Gasteiger partial charge is 0.0346 e. The molecule has 0 aliphatic rings. The Balaban J connectivity index is 1.87. The fraction of sp³-hybridized carbons (Fsp3) is 0.231. The highest BCUT2D eigenvalue weighted by Gasteiger charge is 1.97. The first-order valence-electron chi connectivity index (χ1n) is 5.34. The van der Waals surface area contributed by atoms with E-state index in [4.69, 9.17) is 5.73 Å². The minimum absolute atomic E-state index is 0.863. The molecule has 0 unspecified atom stereocenters. The second kappa shape index (κ2) is 5.14. The zero-order valence-corrected chi connectivity index (χ0v) is 10.2. The van der Waals surface area contributed by atoms with Gasteiger partial charge in [0.15, 0.2) is 0 Å². The predicted molar refractivity (Wildman–Crippen MR) is 70.5 cm³/mol. The van der Waals surface area contributed by atoms with Crippen molar-refractivity contribution in [1.82, 2.24) is 5.32 Å². The topological polar surface area (TPSA) is 38.0 Å². The summed E-state index contributed by atoms with van der Waals surface area (Å²) in [5.41, 5.74) is 9.11. The average molecular weight is 232 g/mol. The second-order valence-corrected chi connectivity index (χ2v) is 4.91. The number of hydrogen-bond acceptors (Lipinski definition) is 3. The molecule has 3 heteroatoms. The molecule has 0 aliphatic heterocycles. The Morgan fingerprint density at radius 1 is 1.25 bits per heavy atom. The van der Waals surface area contributed by atoms with Gasteiger partial charge in [-0.05, 0) is 35.6 Å². The van der Waals surface area contributed by atoms with Crippen molar-refractivity contribution in [2.24, 2.45) is 0 Å². The lowest BCUT2D eigenvalue weighted by Gasteiger charge is -2.06. The molecular formula is C13H16N2S. The van der Waals surface area contributed by atoms with Gasteiger partial charge in [-0.1, -0.05) is 18.2 Å². The van der Waals surface area contributed by atoms with Crippen molar-refractivity contribution in [2.75, 3.05) is 5.73 Å². The summed E-state index contributed by atoms with van der Waals surface area (Å²) in [6.45, 7) is 3.81. The number of hydrogen-bond donors (Lipinski definition) is 2. The molecule has 1 aromatic heterocycles. The molecule has 0 bridgehead atoms. The summed E-state index contributed by atoms with van der Waals surface area (Å²) in [5.74, 6) is 0. The maximum absolute atomic E-state index is 5.86. The second-order valence-electron chi connectivity index (χ2n) is 3.87. The normalized spacial score (nSPS) is 10.6. The minimum Gasteiger partial charge on any atom is -0.399 e. The largest absolute Gasteiger partial charge is 0.399 e. The highest BCUT2D eigenvalue weighted by molar-refractivity contribution is 7.09. The third-order valence-corrected chi connectivity index (χ3v) is 3.43. The van der Waals surface area contributed by atoms with E-state index < -0.39 is 0 Å². The number of nitrogens with two attached hydrogens (primary N) is 1. The van der Waals surface area contributed by atoms with Crippen LogP contribution in [0.2, 0.25) is 0 Å². The van der Waals surface area contributed by atoms with Crippen molar-refractivity contribution in [3.8, 4) is 0 Å². The van der Waals surface area contributed by atoms with Crippen molar-refractivity contribution < 1.29 is 0 Å². The van der Waals surface area contributed by atoms with Crippen LogP contribution in [0, 0.1) is 6.92 Å². The zero-order valence-electron chi connectivity index (χ0n) is 9.36. The quantitative estimate of drug-likeness (QED) is 0.795. The number of nitrogens with one attached hydrogen (secondary N) is 1. The maximum atomic E-state index is 5.86. The first-order valence-corrected chi connectivity index (χ1v) is 6.22. The molecular weight excluding hydrogens is 216 g/mol. The summed E-state index contributed by atoms with van der Waals surface area (Å²) in [4.78, 5) is 1.36. The summed E-state index contributed by atoms with van der Waals surface area (Å²) in [7, 11) is 0. The van der Waals surface area contributed by atoms with Crippen LogP contribution in [-0.2, 0) is 13.1 Å². The minimum atomic E-state index is 0.863. The molecule has 16 heavy (non-hydrogen) atoms. The number of benzene rings is 1. The van der Waals surface area contributed by atoms with Crippen LogP contribution in [0.25, 0.3) is 0 Å². The lowest BCUT2D eigenvalue weighted by Crippen LogP contribution is -2.11. The lowest BCUT2D eigenvalue weighted by molar-refractivity contribution is 0.701. The van der Waals surface area contributed by atoms with Crippen molar-refractivity contribution >= 4 is 17.0 Å². The molecule has 0 amide bonds. The van der Waals surface area contributed by atoms with Crippen LogP contribution in [0.4, 0.5) is 5.69 Å². The van der Waals surface area contributed by atoms with Crippen LogP contribution < -0.4 is 11.1 Å². The van der Waals surface area contributed by atoms with Crippen molar-refractivity contribution in [2.45, 2.75) is 20.0 Å². The third-order valence-electron chi connectivity index (χ3n) is 2.55. The van der Waals surface area contributed by atoms with Gasteiger partial charge in [0.1, 0.15) is 0 Å². The van der Waals surface area contributed by atoms with Gasteiger partial charge < -0.3 is 11.1 Å². The van der Waals surface area contributed by atoms with Gasteiger partial charge in [-0.3, -0.25) is 0 Å². The highest BCUT2D eigenvalue weighted by Crippen LogP contribution is 2.13. The molecule has 3 N–H and O–H groups in total. The number of thiophene rings is 1. The summed E-state index contributed by atoms with van der Waals surface area (Å²) in [6, 6.07) is 10.4. The fourth-order valence-corrected chi connectivity index (χ4v) is 2.22. The van der Waals surface area contributed by atoms with Gasteiger partial charge in [0.25, 0.3) is 0 Å². The van der Waals surface area contributed by atoms with E-state index in [1.165, 1.54) is 10.4 Å². The molecule has 2 rings (SSSR count). The molecule has 1 heterocycles. The van der Waals surface area contributed by atoms with Crippen LogP contribution in [0.5, 0.6) is 0 Å². The van der Waals surface area contributed by atoms with Gasteiger partial charge >= 0.3 is 0 Å².